The van der Waals surface area contributed by atoms with Crippen LogP contribution in [-0.2, 0) is 9.59 Å². The van der Waals surface area contributed by atoms with E-state index in [1.165, 1.54) is 0 Å². The van der Waals surface area contributed by atoms with Crippen LogP contribution in [0.15, 0.2) is 54.6 Å². The van der Waals surface area contributed by atoms with Crippen molar-refractivity contribution < 1.29 is 9.59 Å². The molecule has 2 atom stereocenters. The molecule has 3 rings (SSSR count). The number of carbonyl (C=O) groups is 2. The van der Waals surface area contributed by atoms with Gasteiger partial charge >= 0.3 is 0 Å². The van der Waals surface area contributed by atoms with Gasteiger partial charge in [0.25, 0.3) is 0 Å². The van der Waals surface area contributed by atoms with E-state index in [-0.39, 0.29) is 17.9 Å². The van der Waals surface area contributed by atoms with E-state index in [0.717, 1.165) is 11.4 Å². The van der Waals surface area contributed by atoms with Crippen molar-refractivity contribution in [2.45, 2.75) is 25.9 Å². The molecule has 5 nitrogen and oxygen atoms in total. The van der Waals surface area contributed by atoms with Gasteiger partial charge in [0.05, 0.1) is 11.4 Å². The SMILES string of the molecule is CC1Nc2ccccc2N(C(C)C(=O)Nc2ccccc2)C1=O. The summed E-state index contributed by atoms with van der Waals surface area (Å²) < 4.78 is 0. The number of carbonyl (C=O) groups excluding carboxylic acids is 2. The third kappa shape index (κ3) is 2.90. The standard InChI is InChI=1S/C18H19N3O2/c1-12-18(23)21(16-11-7-6-10-15(16)19-12)13(2)17(22)20-14-8-4-3-5-9-14/h3-13,19H,1-2H3,(H,20,22). The number of hydrogen-bond acceptors (Lipinski definition) is 3. The predicted octanol–water partition coefficient (Wildman–Crippen LogP) is 2.86. The summed E-state index contributed by atoms with van der Waals surface area (Å²) in [6, 6.07) is 15.8. The Bertz CT molecular complexity index is 730. The second-order valence-electron chi connectivity index (χ2n) is 5.62. The number of amides is 2. The highest BCUT2D eigenvalue weighted by Gasteiger charge is 2.35. The van der Waals surface area contributed by atoms with E-state index < -0.39 is 6.04 Å². The molecular weight excluding hydrogens is 290 g/mol. The van der Waals surface area contributed by atoms with Crippen LogP contribution in [0, 0.1) is 0 Å². The number of anilines is 3. The van der Waals surface area contributed by atoms with E-state index in [4.69, 9.17) is 0 Å². The van der Waals surface area contributed by atoms with Crippen molar-refractivity contribution >= 4 is 28.9 Å². The van der Waals surface area contributed by atoms with Gasteiger partial charge in [0.2, 0.25) is 11.8 Å². The van der Waals surface area contributed by atoms with Crippen LogP contribution in [-0.4, -0.2) is 23.9 Å². The largest absolute Gasteiger partial charge is 0.372 e. The lowest BCUT2D eigenvalue weighted by atomic mass is 10.1. The molecule has 0 aliphatic carbocycles. The number of rotatable bonds is 3. The van der Waals surface area contributed by atoms with Crippen LogP contribution < -0.4 is 15.5 Å². The minimum atomic E-state index is -0.603. The van der Waals surface area contributed by atoms with E-state index in [0.29, 0.717) is 5.69 Å². The van der Waals surface area contributed by atoms with Crippen LogP contribution in [0.25, 0.3) is 0 Å². The quantitative estimate of drug-likeness (QED) is 0.916. The van der Waals surface area contributed by atoms with Crippen LogP contribution in [0.4, 0.5) is 17.1 Å². The van der Waals surface area contributed by atoms with Crippen LogP contribution >= 0.6 is 0 Å². The minimum absolute atomic E-state index is 0.112. The topological polar surface area (TPSA) is 61.4 Å². The molecule has 2 N–H and O–H groups in total. The lowest BCUT2D eigenvalue weighted by Crippen LogP contribution is -2.53. The smallest absolute Gasteiger partial charge is 0.249 e. The minimum Gasteiger partial charge on any atom is -0.372 e. The lowest BCUT2D eigenvalue weighted by molar-refractivity contribution is -0.123. The molecule has 0 spiro atoms. The summed E-state index contributed by atoms with van der Waals surface area (Å²) in [7, 11) is 0. The molecule has 2 unspecified atom stereocenters. The van der Waals surface area contributed by atoms with E-state index >= 15 is 0 Å². The molecule has 0 saturated heterocycles. The zero-order valence-electron chi connectivity index (χ0n) is 13.1. The van der Waals surface area contributed by atoms with E-state index in [9.17, 15) is 9.59 Å². The fourth-order valence-corrected chi connectivity index (χ4v) is 2.71. The third-order valence-electron chi connectivity index (χ3n) is 3.95. The maximum absolute atomic E-state index is 12.6. The average molecular weight is 309 g/mol. The molecule has 2 amide bonds. The van der Waals surface area contributed by atoms with E-state index in [1.54, 1.807) is 18.7 Å². The number of benzene rings is 2. The first-order valence-corrected chi connectivity index (χ1v) is 7.62. The van der Waals surface area contributed by atoms with E-state index in [1.807, 2.05) is 54.6 Å². The fourth-order valence-electron chi connectivity index (χ4n) is 2.71. The lowest BCUT2D eigenvalue weighted by Gasteiger charge is -2.37. The second kappa shape index (κ2) is 6.12. The van der Waals surface area contributed by atoms with Gasteiger partial charge in [-0.1, -0.05) is 30.3 Å². The number of fused-ring (bicyclic) bond motifs is 1. The molecule has 1 aliphatic rings. The average Bonchev–Trinajstić information content (AvgIpc) is 2.56. The van der Waals surface area contributed by atoms with Crippen molar-refractivity contribution in [2.75, 3.05) is 15.5 Å². The Morgan fingerprint density at radius 2 is 1.78 bits per heavy atom. The first-order chi connectivity index (χ1) is 11.1. The second-order valence-corrected chi connectivity index (χ2v) is 5.62. The third-order valence-corrected chi connectivity index (χ3v) is 3.95. The molecule has 2 aromatic carbocycles. The molecule has 0 bridgehead atoms. The molecule has 0 saturated carbocycles. The Hall–Kier alpha value is -2.82. The summed E-state index contributed by atoms with van der Waals surface area (Å²) in [5.74, 6) is -0.326. The summed E-state index contributed by atoms with van der Waals surface area (Å²) in [4.78, 5) is 26.7. The monoisotopic (exact) mass is 309 g/mol. The van der Waals surface area contributed by atoms with Gasteiger partial charge in [0, 0.05) is 5.69 Å². The number of nitrogens with one attached hydrogen (secondary N) is 2. The van der Waals surface area contributed by atoms with E-state index in [2.05, 4.69) is 10.6 Å². The first-order valence-electron chi connectivity index (χ1n) is 7.62. The van der Waals surface area contributed by atoms with Gasteiger partial charge in [0.1, 0.15) is 12.1 Å². The van der Waals surface area contributed by atoms with Gasteiger partial charge in [-0.3, -0.25) is 14.5 Å². The van der Waals surface area contributed by atoms with Crippen LogP contribution in [0.2, 0.25) is 0 Å². The number of nitrogens with zero attached hydrogens (tertiary/aromatic N) is 1. The van der Waals surface area contributed by atoms with Crippen molar-refractivity contribution in [1.82, 2.24) is 0 Å². The maximum atomic E-state index is 12.6. The van der Waals surface area contributed by atoms with Crippen molar-refractivity contribution in [3.63, 3.8) is 0 Å². The molecule has 2 aromatic rings. The summed E-state index contributed by atoms with van der Waals surface area (Å²) in [5, 5.41) is 6.01. The zero-order chi connectivity index (χ0) is 16.4. The fraction of sp³-hybridized carbons (Fsp3) is 0.222. The predicted molar refractivity (Wildman–Crippen MR) is 91.5 cm³/mol. The molecule has 1 heterocycles. The molecule has 1 aliphatic heterocycles. The summed E-state index contributed by atoms with van der Waals surface area (Å²) in [5.41, 5.74) is 2.30. The van der Waals surface area contributed by atoms with Crippen molar-refractivity contribution in [1.29, 1.82) is 0 Å². The Morgan fingerprint density at radius 3 is 2.52 bits per heavy atom. The van der Waals surface area contributed by atoms with Crippen LogP contribution in [0.3, 0.4) is 0 Å². The Kier molecular flexibility index (Phi) is 4.02. The molecule has 5 heteroatoms. The summed E-state index contributed by atoms with van der Waals surface area (Å²) >= 11 is 0. The number of para-hydroxylation sites is 3. The van der Waals surface area contributed by atoms with Gasteiger partial charge in [-0.05, 0) is 38.1 Å². The van der Waals surface area contributed by atoms with Gasteiger partial charge in [-0.2, -0.15) is 0 Å². The highest BCUT2D eigenvalue weighted by Crippen LogP contribution is 2.32. The highest BCUT2D eigenvalue weighted by molar-refractivity contribution is 6.10. The van der Waals surface area contributed by atoms with Crippen molar-refractivity contribution in [3.05, 3.63) is 54.6 Å². The summed E-state index contributed by atoms with van der Waals surface area (Å²) in [6.07, 6.45) is 0. The van der Waals surface area contributed by atoms with Gasteiger partial charge < -0.3 is 10.6 Å². The number of hydrogen-bond donors (Lipinski definition) is 2. The first kappa shape index (κ1) is 15.1. The highest BCUT2D eigenvalue weighted by atomic mass is 16.2. The molecule has 0 fully saturated rings. The van der Waals surface area contributed by atoms with Crippen molar-refractivity contribution in [3.8, 4) is 0 Å². The van der Waals surface area contributed by atoms with Gasteiger partial charge in [-0.15, -0.1) is 0 Å². The zero-order valence-corrected chi connectivity index (χ0v) is 13.1. The van der Waals surface area contributed by atoms with Gasteiger partial charge in [-0.25, -0.2) is 0 Å². The molecule has 118 valence electrons. The van der Waals surface area contributed by atoms with Crippen LogP contribution in [0.1, 0.15) is 13.8 Å². The van der Waals surface area contributed by atoms with Gasteiger partial charge in [0.15, 0.2) is 0 Å². The summed E-state index contributed by atoms with van der Waals surface area (Å²) in [6.45, 7) is 3.54. The Morgan fingerprint density at radius 1 is 1.13 bits per heavy atom. The maximum Gasteiger partial charge on any atom is 0.249 e. The molecule has 0 aromatic heterocycles. The van der Waals surface area contributed by atoms with Crippen molar-refractivity contribution in [2.24, 2.45) is 0 Å². The normalized spacial score (nSPS) is 17.9. The Labute approximate surface area is 135 Å². The molecule has 0 radical (unpaired) electrons. The Balaban J connectivity index is 1.87. The van der Waals surface area contributed by atoms with Crippen LogP contribution in [0.5, 0.6) is 0 Å². The molecule has 23 heavy (non-hydrogen) atoms. The molecular formula is C18H19N3O2.